The van der Waals surface area contributed by atoms with Gasteiger partial charge in [-0.1, -0.05) is 0 Å². The molecule has 0 aliphatic carbocycles. The van der Waals surface area contributed by atoms with Gasteiger partial charge in [0.25, 0.3) is 5.56 Å². The van der Waals surface area contributed by atoms with E-state index in [0.29, 0.717) is 0 Å². The molecule has 2 aromatic heterocycles. The normalized spacial score (nSPS) is 10.8. The zero-order chi connectivity index (χ0) is 8.72. The Morgan fingerprint density at radius 1 is 1.67 bits per heavy atom. The molecule has 0 atom stereocenters. The molecule has 0 amide bonds. The highest BCUT2D eigenvalue weighted by molar-refractivity contribution is 6.28. The summed E-state index contributed by atoms with van der Waals surface area (Å²) in [6.45, 7) is 0. The lowest BCUT2D eigenvalue weighted by Crippen LogP contribution is -2.12. The molecule has 12 heavy (non-hydrogen) atoms. The summed E-state index contributed by atoms with van der Waals surface area (Å²) in [5.74, 6) is -0.611. The fourth-order valence-electron chi connectivity index (χ4n) is 0.967. The van der Waals surface area contributed by atoms with Crippen molar-refractivity contribution >= 4 is 17.1 Å². The van der Waals surface area contributed by atoms with Gasteiger partial charge in [-0.05, 0) is 17.7 Å². The van der Waals surface area contributed by atoms with E-state index in [1.807, 2.05) is 0 Å². The van der Waals surface area contributed by atoms with Gasteiger partial charge in [0.2, 0.25) is 5.28 Å². The number of aromatic nitrogens is 3. The summed E-state index contributed by atoms with van der Waals surface area (Å²) in [6.07, 6.45) is 1.33. The van der Waals surface area contributed by atoms with Crippen molar-refractivity contribution in [2.45, 2.75) is 0 Å². The molecular weight excluding hydrogens is 185 g/mol. The average Bonchev–Trinajstić information content (AvgIpc) is 2.31. The van der Waals surface area contributed by atoms with E-state index in [9.17, 15) is 9.18 Å². The first kappa shape index (κ1) is 7.30. The van der Waals surface area contributed by atoms with Gasteiger partial charge in [0.15, 0.2) is 11.3 Å². The maximum absolute atomic E-state index is 12.8. The quantitative estimate of drug-likeness (QED) is 0.664. The van der Waals surface area contributed by atoms with E-state index in [-0.39, 0.29) is 10.8 Å². The van der Waals surface area contributed by atoms with Crippen molar-refractivity contribution in [2.24, 2.45) is 0 Å². The van der Waals surface area contributed by atoms with Gasteiger partial charge in [-0.25, -0.2) is 8.91 Å². The second-order valence-electron chi connectivity index (χ2n) is 2.20. The maximum Gasteiger partial charge on any atom is 0.279 e. The van der Waals surface area contributed by atoms with Crippen LogP contribution in [-0.2, 0) is 0 Å². The summed E-state index contributed by atoms with van der Waals surface area (Å²) in [5.41, 5.74) is -0.711. The standard InChI is InChI=1S/C6H3ClFN3O/c7-6-9-5(12)4-3(8)1-2-11(4)10-6/h1-2H,(H,9,10,12). The summed E-state index contributed by atoms with van der Waals surface area (Å²) in [4.78, 5) is 13.2. The van der Waals surface area contributed by atoms with Gasteiger partial charge in [-0.3, -0.25) is 9.78 Å². The molecule has 1 N–H and O–H groups in total. The minimum absolute atomic E-state index is 0.0666. The van der Waals surface area contributed by atoms with E-state index in [1.165, 1.54) is 6.20 Å². The number of nitrogens with zero attached hydrogens (tertiary/aromatic N) is 2. The van der Waals surface area contributed by atoms with Crippen LogP contribution in [0.5, 0.6) is 0 Å². The SMILES string of the molecule is O=c1[nH]c(Cl)nn2ccc(F)c12. The van der Waals surface area contributed by atoms with Crippen LogP contribution in [0.1, 0.15) is 0 Å². The molecule has 0 aliphatic heterocycles. The summed E-state index contributed by atoms with van der Waals surface area (Å²) < 4.78 is 13.9. The monoisotopic (exact) mass is 187 g/mol. The van der Waals surface area contributed by atoms with Crippen LogP contribution in [-0.4, -0.2) is 14.6 Å². The zero-order valence-electron chi connectivity index (χ0n) is 5.71. The van der Waals surface area contributed by atoms with Crippen LogP contribution < -0.4 is 5.56 Å². The Morgan fingerprint density at radius 3 is 3.17 bits per heavy atom. The first-order valence-corrected chi connectivity index (χ1v) is 3.49. The molecule has 0 aliphatic rings. The summed E-state index contributed by atoms with van der Waals surface area (Å²) >= 11 is 5.42. The predicted octanol–water partition coefficient (Wildman–Crippen LogP) is 0.815. The van der Waals surface area contributed by atoms with E-state index in [0.717, 1.165) is 10.6 Å². The number of hydrogen-bond acceptors (Lipinski definition) is 2. The van der Waals surface area contributed by atoms with Crippen LogP contribution in [0.3, 0.4) is 0 Å². The Morgan fingerprint density at radius 2 is 2.42 bits per heavy atom. The highest BCUT2D eigenvalue weighted by atomic mass is 35.5. The number of fused-ring (bicyclic) bond motifs is 1. The number of halogens is 2. The molecule has 0 unspecified atom stereocenters. The Balaban J connectivity index is 3.03. The third-order valence-electron chi connectivity index (χ3n) is 1.44. The number of rotatable bonds is 0. The fourth-order valence-corrected chi connectivity index (χ4v) is 1.13. The smallest absolute Gasteiger partial charge is 0.279 e. The van der Waals surface area contributed by atoms with Crippen molar-refractivity contribution in [2.75, 3.05) is 0 Å². The van der Waals surface area contributed by atoms with Crippen LogP contribution in [0.25, 0.3) is 5.52 Å². The lowest BCUT2D eigenvalue weighted by Gasteiger charge is -1.92. The molecule has 2 aromatic rings. The molecular formula is C6H3ClFN3O. The molecule has 2 heterocycles. The number of nitrogens with one attached hydrogen (secondary N) is 1. The summed E-state index contributed by atoms with van der Waals surface area (Å²) in [6, 6.07) is 1.15. The second-order valence-corrected chi connectivity index (χ2v) is 2.56. The van der Waals surface area contributed by atoms with Crippen LogP contribution >= 0.6 is 11.6 Å². The third kappa shape index (κ3) is 0.902. The number of aromatic amines is 1. The topological polar surface area (TPSA) is 50.2 Å². The number of H-pyrrole nitrogens is 1. The molecule has 0 saturated carbocycles. The van der Waals surface area contributed by atoms with E-state index >= 15 is 0 Å². The van der Waals surface area contributed by atoms with Crippen LogP contribution in [0.2, 0.25) is 5.28 Å². The Kier molecular flexibility index (Phi) is 1.41. The van der Waals surface area contributed by atoms with E-state index in [4.69, 9.17) is 11.6 Å². The molecule has 0 radical (unpaired) electrons. The van der Waals surface area contributed by atoms with Gasteiger partial charge in [-0.2, -0.15) is 0 Å². The molecule has 0 saturated heterocycles. The van der Waals surface area contributed by atoms with Crippen molar-refractivity contribution < 1.29 is 4.39 Å². The van der Waals surface area contributed by atoms with E-state index in [2.05, 4.69) is 10.1 Å². The van der Waals surface area contributed by atoms with Crippen molar-refractivity contribution in [1.82, 2.24) is 14.6 Å². The third-order valence-corrected chi connectivity index (χ3v) is 1.61. The van der Waals surface area contributed by atoms with Gasteiger partial charge >= 0.3 is 0 Å². The molecule has 2 rings (SSSR count). The lowest BCUT2D eigenvalue weighted by molar-refractivity contribution is 0.637. The maximum atomic E-state index is 12.8. The highest BCUT2D eigenvalue weighted by Crippen LogP contribution is 2.04. The minimum Gasteiger partial charge on any atom is -0.294 e. The Hall–Kier alpha value is -1.36. The number of hydrogen-bond donors (Lipinski definition) is 1. The first-order chi connectivity index (χ1) is 5.68. The molecule has 0 aromatic carbocycles. The van der Waals surface area contributed by atoms with Gasteiger partial charge in [-0.15, -0.1) is 5.10 Å². The molecule has 62 valence electrons. The van der Waals surface area contributed by atoms with Crippen molar-refractivity contribution in [3.05, 3.63) is 33.7 Å². The Labute approximate surface area is 70.6 Å². The molecule has 0 spiro atoms. The van der Waals surface area contributed by atoms with Crippen molar-refractivity contribution in [3.8, 4) is 0 Å². The summed E-state index contributed by atoms with van der Waals surface area (Å²) in [7, 11) is 0. The van der Waals surface area contributed by atoms with E-state index < -0.39 is 11.4 Å². The predicted molar refractivity (Wildman–Crippen MR) is 40.8 cm³/mol. The van der Waals surface area contributed by atoms with Crippen LogP contribution in [0.4, 0.5) is 4.39 Å². The largest absolute Gasteiger partial charge is 0.294 e. The first-order valence-electron chi connectivity index (χ1n) is 3.11. The van der Waals surface area contributed by atoms with Crippen LogP contribution in [0.15, 0.2) is 17.1 Å². The van der Waals surface area contributed by atoms with E-state index in [1.54, 1.807) is 0 Å². The van der Waals surface area contributed by atoms with Crippen LogP contribution in [0, 0.1) is 5.82 Å². The fraction of sp³-hybridized carbons (Fsp3) is 0. The van der Waals surface area contributed by atoms with Gasteiger partial charge in [0, 0.05) is 6.20 Å². The molecule has 0 bridgehead atoms. The molecule has 4 nitrogen and oxygen atoms in total. The zero-order valence-corrected chi connectivity index (χ0v) is 6.47. The summed E-state index contributed by atoms with van der Waals surface area (Å²) in [5, 5.41) is 3.58. The lowest BCUT2D eigenvalue weighted by atomic mass is 10.5. The second kappa shape index (κ2) is 2.31. The molecule has 0 fully saturated rings. The van der Waals surface area contributed by atoms with Gasteiger partial charge in [0.05, 0.1) is 0 Å². The van der Waals surface area contributed by atoms with Gasteiger partial charge < -0.3 is 0 Å². The average molecular weight is 188 g/mol. The highest BCUT2D eigenvalue weighted by Gasteiger charge is 2.07. The van der Waals surface area contributed by atoms with Crippen molar-refractivity contribution in [3.63, 3.8) is 0 Å². The van der Waals surface area contributed by atoms with Crippen molar-refractivity contribution in [1.29, 1.82) is 0 Å². The van der Waals surface area contributed by atoms with Gasteiger partial charge in [0.1, 0.15) is 0 Å². The minimum atomic E-state index is -0.611. The molecule has 6 heteroatoms. The Bertz CT molecular complexity index is 489.